The topological polar surface area (TPSA) is 32.8 Å². The Kier molecular flexibility index (Phi) is 13.7. The highest BCUT2D eigenvalue weighted by molar-refractivity contribution is 6.28. The Labute approximate surface area is 446 Å². The van der Waals surface area contributed by atoms with Crippen molar-refractivity contribution >= 4 is 99.4 Å². The standard InChI is InChI=1S/C66H62N2O2.C3H8.C2H6/c1-11-36-66(9,10)52-21-13-17-46-48-19-15-23-58(64(48)70-62(46)52)68(54-33-25-40(3)38-42(54)5)56-35-29-44-26-30-49-55(34-28-43-27-31-50(56)60(44)59(43)49)67(53-32-24-39(2)37-41(53)4)57-22-14-18-47-45-16-12-20-51(65(6,7)8)61(45)69-63(47)57;1-3-2;1-2/h12-14,16-18,20-35,37-38H,11,15,19,36H2,1-10H3;3H2,1-2H3;1-2H3. The molecule has 1 aliphatic carbocycles. The average molecular weight is 989 g/mol. The zero-order chi connectivity index (χ0) is 53.1. The third-order valence-corrected chi connectivity index (χ3v) is 15.5. The van der Waals surface area contributed by atoms with E-state index in [1.54, 1.807) is 0 Å². The second-order valence-corrected chi connectivity index (χ2v) is 22.6. The van der Waals surface area contributed by atoms with Gasteiger partial charge in [-0.05, 0) is 121 Å². The second kappa shape index (κ2) is 20.1. The lowest BCUT2D eigenvalue weighted by atomic mass is 9.80. The van der Waals surface area contributed by atoms with Crippen LogP contribution in [0.5, 0.6) is 0 Å². The lowest BCUT2D eigenvalue weighted by Crippen LogP contribution is -2.19. The van der Waals surface area contributed by atoms with E-state index >= 15 is 0 Å². The molecule has 2 aromatic heterocycles. The molecule has 75 heavy (non-hydrogen) atoms. The summed E-state index contributed by atoms with van der Waals surface area (Å²) < 4.78 is 14.4. The van der Waals surface area contributed by atoms with Crippen LogP contribution in [0.15, 0.2) is 154 Å². The van der Waals surface area contributed by atoms with Gasteiger partial charge in [0.15, 0.2) is 11.3 Å². The molecule has 12 rings (SSSR count). The van der Waals surface area contributed by atoms with Gasteiger partial charge in [0, 0.05) is 55.0 Å². The molecule has 0 amide bonds. The van der Waals surface area contributed by atoms with Crippen molar-refractivity contribution in [2.24, 2.45) is 0 Å². The molecule has 2 heterocycles. The summed E-state index contributed by atoms with van der Waals surface area (Å²) in [4.78, 5) is 4.96. The van der Waals surface area contributed by atoms with Gasteiger partial charge in [0.1, 0.15) is 11.2 Å². The van der Waals surface area contributed by atoms with Crippen molar-refractivity contribution in [3.8, 4) is 0 Å². The fraction of sp³-hybridized carbons (Fsp3) is 0.296. The Morgan fingerprint density at radius 3 is 1.55 bits per heavy atom. The van der Waals surface area contributed by atoms with Crippen molar-refractivity contribution in [2.45, 2.75) is 140 Å². The molecular weight excluding hydrogens is 913 g/mol. The Balaban J connectivity index is 0.00000124. The number of aryl methyl sites for hydroxylation is 5. The molecule has 0 spiro atoms. The van der Waals surface area contributed by atoms with Gasteiger partial charge >= 0.3 is 0 Å². The number of hydrogen-bond acceptors (Lipinski definition) is 4. The van der Waals surface area contributed by atoms with E-state index in [2.05, 4.69) is 238 Å². The van der Waals surface area contributed by atoms with Crippen LogP contribution in [0, 0.1) is 27.7 Å². The smallest absolute Gasteiger partial charge is 0.159 e. The maximum atomic E-state index is 7.27. The van der Waals surface area contributed by atoms with Crippen molar-refractivity contribution < 1.29 is 8.83 Å². The zero-order valence-corrected chi connectivity index (χ0v) is 47.1. The van der Waals surface area contributed by atoms with Crippen LogP contribution in [0.25, 0.3) is 70.9 Å². The molecule has 9 aromatic carbocycles. The van der Waals surface area contributed by atoms with Crippen LogP contribution in [-0.2, 0) is 17.3 Å². The van der Waals surface area contributed by atoms with Crippen LogP contribution in [-0.4, -0.2) is 0 Å². The minimum absolute atomic E-state index is 0.0150. The molecule has 4 heteroatoms. The predicted octanol–water partition coefficient (Wildman–Crippen LogP) is 21.9. The van der Waals surface area contributed by atoms with Gasteiger partial charge in [-0.3, -0.25) is 0 Å². The number of rotatable bonds is 9. The Morgan fingerprint density at radius 2 is 0.973 bits per heavy atom. The van der Waals surface area contributed by atoms with Crippen molar-refractivity contribution in [2.75, 3.05) is 9.80 Å². The summed E-state index contributed by atoms with van der Waals surface area (Å²) in [7, 11) is 0. The molecule has 0 saturated carbocycles. The summed E-state index contributed by atoms with van der Waals surface area (Å²) in [5, 5.41) is 10.8. The molecule has 4 nitrogen and oxygen atoms in total. The van der Waals surface area contributed by atoms with Gasteiger partial charge in [-0.1, -0.05) is 208 Å². The highest BCUT2D eigenvalue weighted by Crippen LogP contribution is 2.52. The zero-order valence-electron chi connectivity index (χ0n) is 47.1. The molecule has 1 aliphatic rings. The monoisotopic (exact) mass is 989 g/mol. The molecule has 0 unspecified atom stereocenters. The Hall–Kier alpha value is -7.30. The first-order valence-electron chi connectivity index (χ1n) is 27.8. The molecule has 11 aromatic rings. The number of fused-ring (bicyclic) bond motifs is 6. The third-order valence-electron chi connectivity index (χ3n) is 15.5. The highest BCUT2D eigenvalue weighted by Gasteiger charge is 2.33. The molecule has 0 bridgehead atoms. The van der Waals surface area contributed by atoms with Gasteiger partial charge in [0.05, 0.1) is 22.8 Å². The highest BCUT2D eigenvalue weighted by atomic mass is 16.3. The van der Waals surface area contributed by atoms with Crippen LogP contribution in [0.3, 0.4) is 0 Å². The number of benzene rings is 9. The van der Waals surface area contributed by atoms with Crippen molar-refractivity contribution in [3.05, 3.63) is 190 Å². The molecule has 0 aliphatic heterocycles. The van der Waals surface area contributed by atoms with Crippen LogP contribution in [0.1, 0.15) is 140 Å². The maximum Gasteiger partial charge on any atom is 0.159 e. The fourth-order valence-electron chi connectivity index (χ4n) is 12.2. The summed E-state index contributed by atoms with van der Waals surface area (Å²) in [5.41, 5.74) is 18.1. The van der Waals surface area contributed by atoms with Gasteiger partial charge in [-0.25, -0.2) is 0 Å². The van der Waals surface area contributed by atoms with Crippen molar-refractivity contribution in [1.29, 1.82) is 0 Å². The number of para-hydroxylation sites is 3. The van der Waals surface area contributed by atoms with Gasteiger partial charge in [0.2, 0.25) is 0 Å². The van der Waals surface area contributed by atoms with E-state index in [1.165, 1.54) is 83.1 Å². The first-order chi connectivity index (χ1) is 36.1. The molecule has 0 fully saturated rings. The summed E-state index contributed by atoms with van der Waals surface area (Å²) in [6.07, 6.45) is 7.75. The van der Waals surface area contributed by atoms with Gasteiger partial charge in [0.25, 0.3) is 0 Å². The number of allylic oxidation sites excluding steroid dienone is 1. The van der Waals surface area contributed by atoms with Crippen molar-refractivity contribution in [3.63, 3.8) is 0 Å². The SMILES string of the molecule is CC.CCC.CCCC(C)(C)c1cccc2c3c(oc12)C(N(c1ccc(C)cc1C)c1ccc2ccc4c(N(c5ccc(C)cc5C)c5cccc6c5oc5c(C(C)(C)C)cccc56)ccc5ccc1c2c54)=CCC3. The number of nitrogens with zero attached hydrogens (tertiary/aromatic N) is 2. The van der Waals surface area contributed by atoms with Gasteiger partial charge < -0.3 is 18.6 Å². The molecule has 0 atom stereocenters. The Morgan fingerprint density at radius 1 is 0.480 bits per heavy atom. The molecule has 0 radical (unpaired) electrons. The largest absolute Gasteiger partial charge is 0.454 e. The first kappa shape index (κ1) is 51.2. The predicted molar refractivity (Wildman–Crippen MR) is 326 cm³/mol. The normalized spacial score (nSPS) is 12.8. The molecular formula is C71H76N2O2. The van der Waals surface area contributed by atoms with E-state index < -0.39 is 0 Å². The van der Waals surface area contributed by atoms with E-state index in [0.717, 1.165) is 93.1 Å². The lowest BCUT2D eigenvalue weighted by molar-refractivity contribution is 0.466. The Bertz CT molecular complexity index is 3940. The molecule has 0 saturated heterocycles. The average Bonchev–Trinajstić information content (AvgIpc) is 3.98. The summed E-state index contributed by atoms with van der Waals surface area (Å²) >= 11 is 0. The minimum atomic E-state index is -0.0870. The summed E-state index contributed by atoms with van der Waals surface area (Å²) in [6, 6.07) is 52.4. The van der Waals surface area contributed by atoms with E-state index in [4.69, 9.17) is 8.83 Å². The van der Waals surface area contributed by atoms with Gasteiger partial charge in [-0.2, -0.15) is 0 Å². The third kappa shape index (κ3) is 8.74. The number of anilines is 5. The summed E-state index contributed by atoms with van der Waals surface area (Å²) in [6.45, 7) is 30.9. The minimum Gasteiger partial charge on any atom is -0.454 e. The summed E-state index contributed by atoms with van der Waals surface area (Å²) in [5.74, 6) is 0.979. The lowest BCUT2D eigenvalue weighted by Gasteiger charge is -2.32. The van der Waals surface area contributed by atoms with E-state index in [1.807, 2.05) is 13.8 Å². The number of hydrogen-bond donors (Lipinski definition) is 0. The molecule has 382 valence electrons. The second-order valence-electron chi connectivity index (χ2n) is 22.6. The van der Waals surface area contributed by atoms with Crippen molar-refractivity contribution in [1.82, 2.24) is 0 Å². The first-order valence-corrected chi connectivity index (χ1v) is 27.8. The van der Waals surface area contributed by atoms with Crippen LogP contribution >= 0.6 is 0 Å². The quantitative estimate of drug-likeness (QED) is 0.135. The maximum absolute atomic E-state index is 7.27. The van der Waals surface area contributed by atoms with Crippen LogP contribution < -0.4 is 9.80 Å². The molecule has 0 N–H and O–H groups in total. The fourth-order valence-corrected chi connectivity index (χ4v) is 12.2. The number of furan rings is 2. The van der Waals surface area contributed by atoms with E-state index in [0.29, 0.717) is 0 Å². The van der Waals surface area contributed by atoms with Crippen LogP contribution in [0.2, 0.25) is 0 Å². The van der Waals surface area contributed by atoms with E-state index in [-0.39, 0.29) is 10.8 Å². The van der Waals surface area contributed by atoms with Crippen LogP contribution in [0.4, 0.5) is 28.4 Å². The van der Waals surface area contributed by atoms with E-state index in [9.17, 15) is 0 Å². The van der Waals surface area contributed by atoms with Gasteiger partial charge in [-0.15, -0.1) is 0 Å².